The summed E-state index contributed by atoms with van der Waals surface area (Å²) < 4.78 is 1.95. The smallest absolute Gasteiger partial charge is 0.341 e. The second-order valence-corrected chi connectivity index (χ2v) is 5.74. The molecule has 1 N–H and O–H groups in total. The van der Waals surface area contributed by atoms with E-state index in [0.717, 1.165) is 13.3 Å². The average Bonchev–Trinajstić information content (AvgIpc) is 2.68. The summed E-state index contributed by atoms with van der Waals surface area (Å²) >= 11 is 4.74. The van der Waals surface area contributed by atoms with Gasteiger partial charge in [0.1, 0.15) is 11.3 Å². The molecule has 0 aliphatic carbocycles. The number of aryl methyl sites for hydroxylation is 1. The predicted molar refractivity (Wildman–Crippen MR) is 67.5 cm³/mol. The summed E-state index contributed by atoms with van der Waals surface area (Å²) in [5.41, 5.74) is -0.418. The van der Waals surface area contributed by atoms with E-state index in [2.05, 4.69) is 21.0 Å². The van der Waals surface area contributed by atoms with E-state index in [9.17, 15) is 9.59 Å². The Morgan fingerprint density at radius 1 is 1.53 bits per heavy atom. The maximum Gasteiger partial charge on any atom is 0.341 e. The first-order chi connectivity index (χ1) is 7.99. The van der Waals surface area contributed by atoms with E-state index in [-0.39, 0.29) is 5.56 Å². The van der Waals surface area contributed by atoms with Crippen molar-refractivity contribution < 1.29 is 9.90 Å². The minimum absolute atomic E-state index is 0.276. The third-order valence-electron chi connectivity index (χ3n) is 2.12. The van der Waals surface area contributed by atoms with Gasteiger partial charge in [-0.15, -0.1) is 11.3 Å². The highest BCUT2D eigenvalue weighted by atomic mass is 79.9. The van der Waals surface area contributed by atoms with Gasteiger partial charge in [-0.25, -0.2) is 9.48 Å². The van der Waals surface area contributed by atoms with Crippen molar-refractivity contribution in [1.29, 1.82) is 0 Å². The lowest BCUT2D eigenvalue weighted by atomic mass is 10.2. The van der Waals surface area contributed by atoms with E-state index in [1.807, 2.05) is 12.1 Å². The van der Waals surface area contributed by atoms with Crippen LogP contribution in [0.4, 0.5) is 0 Å². The van der Waals surface area contributed by atoms with Crippen LogP contribution in [0.1, 0.15) is 10.4 Å². The standard InChI is InChI=1S/C10H7BrN2O3S/c1-13-9(14)5(10(15)16)4-6(12-13)7-2-3-8(11)17-7/h2-4H,1H3,(H,15,16). The molecular weight excluding hydrogens is 308 g/mol. The van der Waals surface area contributed by atoms with Gasteiger partial charge < -0.3 is 5.11 Å². The number of thiophene rings is 1. The monoisotopic (exact) mass is 314 g/mol. The topological polar surface area (TPSA) is 72.2 Å². The van der Waals surface area contributed by atoms with Gasteiger partial charge in [-0.3, -0.25) is 4.79 Å². The molecule has 2 heterocycles. The van der Waals surface area contributed by atoms with Crippen molar-refractivity contribution in [2.24, 2.45) is 7.05 Å². The van der Waals surface area contributed by atoms with Gasteiger partial charge >= 0.3 is 5.97 Å². The van der Waals surface area contributed by atoms with Crippen LogP contribution in [0.25, 0.3) is 10.6 Å². The first kappa shape index (κ1) is 12.0. The highest BCUT2D eigenvalue weighted by Crippen LogP contribution is 2.29. The molecule has 2 rings (SSSR count). The summed E-state index contributed by atoms with van der Waals surface area (Å²) in [4.78, 5) is 23.2. The number of aromatic nitrogens is 2. The highest BCUT2D eigenvalue weighted by molar-refractivity contribution is 9.11. The molecule has 0 atom stereocenters. The minimum atomic E-state index is -1.25. The number of halogens is 1. The van der Waals surface area contributed by atoms with Crippen LogP contribution in [0.5, 0.6) is 0 Å². The molecule has 0 aliphatic heterocycles. The molecule has 0 bridgehead atoms. The molecule has 0 aliphatic rings. The fourth-order valence-electron chi connectivity index (χ4n) is 1.33. The second kappa shape index (κ2) is 4.42. The molecule has 0 saturated carbocycles. The molecule has 0 amide bonds. The van der Waals surface area contributed by atoms with Crippen molar-refractivity contribution in [1.82, 2.24) is 9.78 Å². The first-order valence-electron chi connectivity index (χ1n) is 4.56. The molecule has 0 fully saturated rings. The van der Waals surface area contributed by atoms with Gasteiger partial charge in [0, 0.05) is 7.05 Å². The largest absolute Gasteiger partial charge is 0.477 e. The van der Waals surface area contributed by atoms with Crippen molar-refractivity contribution in [2.75, 3.05) is 0 Å². The van der Waals surface area contributed by atoms with Crippen molar-refractivity contribution in [3.05, 3.63) is 37.9 Å². The summed E-state index contributed by atoms with van der Waals surface area (Å²) in [5.74, 6) is -1.25. The number of carboxylic acid groups (broad SMARTS) is 1. The number of nitrogens with zero attached hydrogens (tertiary/aromatic N) is 2. The van der Waals surface area contributed by atoms with E-state index in [4.69, 9.17) is 5.11 Å². The summed E-state index contributed by atoms with van der Waals surface area (Å²) in [6.45, 7) is 0. The molecule has 5 nitrogen and oxygen atoms in total. The summed E-state index contributed by atoms with van der Waals surface area (Å²) in [5, 5.41) is 12.9. The van der Waals surface area contributed by atoms with Gasteiger partial charge in [0.15, 0.2) is 0 Å². The zero-order valence-electron chi connectivity index (χ0n) is 8.68. The molecule has 0 saturated heterocycles. The summed E-state index contributed by atoms with van der Waals surface area (Å²) in [7, 11) is 1.43. The van der Waals surface area contributed by atoms with Crippen LogP contribution in [0.15, 0.2) is 26.8 Å². The van der Waals surface area contributed by atoms with E-state index in [1.165, 1.54) is 24.5 Å². The second-order valence-electron chi connectivity index (χ2n) is 3.28. The molecule has 2 aromatic heterocycles. The van der Waals surface area contributed by atoms with Gasteiger partial charge in [-0.1, -0.05) is 0 Å². The number of hydrogen-bond acceptors (Lipinski definition) is 4. The fourth-order valence-corrected chi connectivity index (χ4v) is 2.68. The van der Waals surface area contributed by atoms with Crippen molar-refractivity contribution in [2.45, 2.75) is 0 Å². The molecule has 0 unspecified atom stereocenters. The van der Waals surface area contributed by atoms with Gasteiger partial charge in [-0.2, -0.15) is 5.10 Å². The zero-order chi connectivity index (χ0) is 12.6. The number of carboxylic acids is 1. The minimum Gasteiger partial charge on any atom is -0.477 e. The maximum absolute atomic E-state index is 11.5. The number of rotatable bonds is 2. The number of hydrogen-bond donors (Lipinski definition) is 1. The normalized spacial score (nSPS) is 10.5. The van der Waals surface area contributed by atoms with Crippen LogP contribution in [0.3, 0.4) is 0 Å². The quantitative estimate of drug-likeness (QED) is 0.919. The zero-order valence-corrected chi connectivity index (χ0v) is 11.1. The third-order valence-corrected chi connectivity index (χ3v) is 3.77. The van der Waals surface area contributed by atoms with Crippen LogP contribution in [-0.4, -0.2) is 20.9 Å². The summed E-state index contributed by atoms with van der Waals surface area (Å²) in [6, 6.07) is 4.95. The highest BCUT2D eigenvalue weighted by Gasteiger charge is 2.14. The van der Waals surface area contributed by atoms with Crippen molar-refractivity contribution in [3.63, 3.8) is 0 Å². The lowest BCUT2D eigenvalue weighted by Crippen LogP contribution is -2.26. The Kier molecular flexibility index (Phi) is 3.12. The Hall–Kier alpha value is -1.47. The van der Waals surface area contributed by atoms with Crippen molar-refractivity contribution >= 4 is 33.2 Å². The lowest BCUT2D eigenvalue weighted by molar-refractivity contribution is 0.0694. The number of aromatic carboxylic acids is 1. The Morgan fingerprint density at radius 2 is 2.24 bits per heavy atom. The van der Waals surface area contributed by atoms with E-state index in [0.29, 0.717) is 5.69 Å². The Morgan fingerprint density at radius 3 is 2.76 bits per heavy atom. The van der Waals surface area contributed by atoms with Crippen molar-refractivity contribution in [3.8, 4) is 10.6 Å². The Labute approximate surface area is 108 Å². The molecular formula is C10H7BrN2O3S. The molecule has 17 heavy (non-hydrogen) atoms. The van der Waals surface area contributed by atoms with E-state index in [1.54, 1.807) is 0 Å². The van der Waals surface area contributed by atoms with Crippen LogP contribution >= 0.6 is 27.3 Å². The molecule has 0 radical (unpaired) electrons. The van der Waals surface area contributed by atoms with E-state index >= 15 is 0 Å². The molecule has 2 aromatic rings. The SMILES string of the molecule is Cn1nc(-c2ccc(Br)s2)cc(C(=O)O)c1=O. The Balaban J connectivity index is 2.65. The average molecular weight is 315 g/mol. The fraction of sp³-hybridized carbons (Fsp3) is 0.100. The van der Waals surface area contributed by atoms with Crippen LogP contribution in [0.2, 0.25) is 0 Å². The van der Waals surface area contributed by atoms with Gasteiger partial charge in [0.2, 0.25) is 0 Å². The van der Waals surface area contributed by atoms with E-state index < -0.39 is 11.5 Å². The number of carbonyl (C=O) groups is 1. The maximum atomic E-state index is 11.5. The predicted octanol–water partition coefficient (Wildman–Crippen LogP) is 1.97. The van der Waals surface area contributed by atoms with Crippen LogP contribution in [0, 0.1) is 0 Å². The van der Waals surface area contributed by atoms with Crippen LogP contribution < -0.4 is 5.56 Å². The van der Waals surface area contributed by atoms with Gasteiger partial charge in [0.25, 0.3) is 5.56 Å². The van der Waals surface area contributed by atoms with Gasteiger partial charge in [0.05, 0.1) is 8.66 Å². The first-order valence-corrected chi connectivity index (χ1v) is 6.17. The summed E-state index contributed by atoms with van der Waals surface area (Å²) in [6.07, 6.45) is 0. The Bertz CT molecular complexity index is 647. The lowest BCUT2D eigenvalue weighted by Gasteiger charge is -2.02. The molecule has 7 heteroatoms. The van der Waals surface area contributed by atoms with Gasteiger partial charge in [-0.05, 0) is 34.1 Å². The molecule has 88 valence electrons. The molecule has 0 aromatic carbocycles. The van der Waals surface area contributed by atoms with Crippen LogP contribution in [-0.2, 0) is 7.05 Å². The molecule has 0 spiro atoms. The third kappa shape index (κ3) is 2.29.